The Morgan fingerprint density at radius 3 is 2.65 bits per heavy atom. The average Bonchev–Trinajstić information content (AvgIpc) is 2.73. The van der Waals surface area contributed by atoms with E-state index in [9.17, 15) is 0 Å². The number of nitrogens with zero attached hydrogens (tertiary/aromatic N) is 2. The Kier molecular flexibility index (Phi) is 4.53. The van der Waals surface area contributed by atoms with Crippen LogP contribution in [0.25, 0.3) is 11.0 Å². The third-order valence-electron chi connectivity index (χ3n) is 3.53. The highest BCUT2D eigenvalue weighted by atomic mass is 16.5. The van der Waals surface area contributed by atoms with Crippen LogP contribution in [0.1, 0.15) is 53.0 Å². The number of aromatic nitrogens is 2. The highest BCUT2D eigenvalue weighted by molar-refractivity contribution is 5.84. The predicted octanol–water partition coefficient (Wildman–Crippen LogP) is 4.16. The van der Waals surface area contributed by atoms with Gasteiger partial charge in [0.2, 0.25) is 5.95 Å². The minimum Gasteiger partial charge on any atom is -0.489 e. The Morgan fingerprint density at radius 1 is 1.30 bits per heavy atom. The number of para-hydroxylation sites is 1. The van der Waals surface area contributed by atoms with Gasteiger partial charge < -0.3 is 15.0 Å². The molecule has 2 aromatic rings. The second kappa shape index (κ2) is 6.16. The third kappa shape index (κ3) is 2.74. The standard InChI is InChI=1S/C16H25N3O/c1-5-8-12(6-2)19-13-9-7-10-14(20-11(3)4)15(13)18-16(19)17/h7,9-12H,5-6,8H2,1-4H3,(H2,17,18). The Morgan fingerprint density at radius 2 is 2.05 bits per heavy atom. The lowest BCUT2D eigenvalue weighted by atomic mass is 10.1. The first-order valence-corrected chi connectivity index (χ1v) is 7.51. The van der Waals surface area contributed by atoms with Gasteiger partial charge in [-0.25, -0.2) is 4.98 Å². The first kappa shape index (κ1) is 14.7. The van der Waals surface area contributed by atoms with Crippen LogP contribution in [0.15, 0.2) is 18.2 Å². The lowest BCUT2D eigenvalue weighted by Crippen LogP contribution is -2.11. The molecule has 1 unspecified atom stereocenters. The number of fused-ring (bicyclic) bond motifs is 1. The molecule has 4 heteroatoms. The predicted molar refractivity (Wildman–Crippen MR) is 84.1 cm³/mol. The van der Waals surface area contributed by atoms with Crippen molar-refractivity contribution >= 4 is 17.0 Å². The average molecular weight is 275 g/mol. The molecule has 0 spiro atoms. The van der Waals surface area contributed by atoms with Crippen molar-refractivity contribution < 1.29 is 4.74 Å². The molecule has 0 amide bonds. The van der Waals surface area contributed by atoms with Gasteiger partial charge in [0.25, 0.3) is 0 Å². The maximum Gasteiger partial charge on any atom is 0.201 e. The second-order valence-corrected chi connectivity index (χ2v) is 5.48. The van der Waals surface area contributed by atoms with Crippen LogP contribution >= 0.6 is 0 Å². The van der Waals surface area contributed by atoms with Crippen molar-refractivity contribution in [1.82, 2.24) is 9.55 Å². The molecule has 0 saturated carbocycles. The molecule has 2 N–H and O–H groups in total. The van der Waals surface area contributed by atoms with Gasteiger partial charge >= 0.3 is 0 Å². The quantitative estimate of drug-likeness (QED) is 0.861. The van der Waals surface area contributed by atoms with Crippen LogP contribution in [-0.4, -0.2) is 15.7 Å². The van der Waals surface area contributed by atoms with Gasteiger partial charge in [-0.05, 0) is 38.8 Å². The molecule has 1 heterocycles. The van der Waals surface area contributed by atoms with Gasteiger partial charge in [-0.15, -0.1) is 0 Å². The molecular formula is C16H25N3O. The van der Waals surface area contributed by atoms with Crippen LogP contribution in [0.5, 0.6) is 5.75 Å². The fourth-order valence-electron chi connectivity index (χ4n) is 2.69. The van der Waals surface area contributed by atoms with Gasteiger partial charge in [0, 0.05) is 6.04 Å². The summed E-state index contributed by atoms with van der Waals surface area (Å²) in [7, 11) is 0. The number of ether oxygens (including phenoxy) is 1. The van der Waals surface area contributed by atoms with Crippen LogP contribution in [0.4, 0.5) is 5.95 Å². The highest BCUT2D eigenvalue weighted by Crippen LogP contribution is 2.32. The number of rotatable bonds is 6. The number of imidazole rings is 1. The van der Waals surface area contributed by atoms with Crippen molar-refractivity contribution in [2.45, 2.75) is 59.1 Å². The molecule has 20 heavy (non-hydrogen) atoms. The van der Waals surface area contributed by atoms with E-state index >= 15 is 0 Å². The van der Waals surface area contributed by atoms with Crippen molar-refractivity contribution in [2.75, 3.05) is 5.73 Å². The molecule has 0 aliphatic rings. The van der Waals surface area contributed by atoms with Crippen molar-refractivity contribution in [3.63, 3.8) is 0 Å². The summed E-state index contributed by atoms with van der Waals surface area (Å²) in [6.07, 6.45) is 3.43. The van der Waals surface area contributed by atoms with Gasteiger partial charge in [0.05, 0.1) is 11.6 Å². The molecule has 4 nitrogen and oxygen atoms in total. The van der Waals surface area contributed by atoms with E-state index in [1.807, 2.05) is 26.0 Å². The number of nitrogen functional groups attached to an aromatic ring is 1. The molecule has 0 radical (unpaired) electrons. The van der Waals surface area contributed by atoms with Gasteiger partial charge in [-0.1, -0.05) is 26.3 Å². The fraction of sp³-hybridized carbons (Fsp3) is 0.562. The molecule has 2 rings (SSSR count). The summed E-state index contributed by atoms with van der Waals surface area (Å²) in [5, 5.41) is 0. The van der Waals surface area contributed by atoms with Gasteiger partial charge in [0.1, 0.15) is 11.3 Å². The Bertz CT molecular complexity index is 574. The summed E-state index contributed by atoms with van der Waals surface area (Å²) in [6.45, 7) is 8.43. The molecule has 0 saturated heterocycles. The Balaban J connectivity index is 2.53. The molecule has 0 bridgehead atoms. The van der Waals surface area contributed by atoms with Crippen molar-refractivity contribution in [3.05, 3.63) is 18.2 Å². The van der Waals surface area contributed by atoms with E-state index in [1.165, 1.54) is 0 Å². The zero-order chi connectivity index (χ0) is 14.7. The topological polar surface area (TPSA) is 53.1 Å². The van der Waals surface area contributed by atoms with Crippen molar-refractivity contribution in [1.29, 1.82) is 0 Å². The zero-order valence-electron chi connectivity index (χ0n) is 12.9. The summed E-state index contributed by atoms with van der Waals surface area (Å²) in [5.41, 5.74) is 8.10. The molecule has 1 aromatic carbocycles. The molecule has 0 aliphatic heterocycles. The monoisotopic (exact) mass is 275 g/mol. The number of nitrogens with two attached hydrogens (primary N) is 1. The Hall–Kier alpha value is -1.71. The van der Waals surface area contributed by atoms with E-state index in [0.717, 1.165) is 36.0 Å². The van der Waals surface area contributed by atoms with Crippen molar-refractivity contribution in [2.24, 2.45) is 0 Å². The SMILES string of the molecule is CCCC(CC)n1c(N)nc2c(OC(C)C)cccc21. The molecule has 110 valence electrons. The zero-order valence-corrected chi connectivity index (χ0v) is 12.9. The Labute approximate surface area is 120 Å². The lowest BCUT2D eigenvalue weighted by molar-refractivity contribution is 0.245. The first-order valence-electron chi connectivity index (χ1n) is 7.51. The number of anilines is 1. The van der Waals surface area contributed by atoms with E-state index < -0.39 is 0 Å². The lowest BCUT2D eigenvalue weighted by Gasteiger charge is -2.18. The minimum atomic E-state index is 0.129. The second-order valence-electron chi connectivity index (χ2n) is 5.48. The molecule has 0 fully saturated rings. The van der Waals surface area contributed by atoms with Gasteiger partial charge in [0.15, 0.2) is 0 Å². The van der Waals surface area contributed by atoms with E-state index in [-0.39, 0.29) is 6.10 Å². The van der Waals surface area contributed by atoms with E-state index in [0.29, 0.717) is 12.0 Å². The van der Waals surface area contributed by atoms with Gasteiger partial charge in [-0.2, -0.15) is 0 Å². The molecule has 0 aliphatic carbocycles. The van der Waals surface area contributed by atoms with E-state index in [1.54, 1.807) is 0 Å². The van der Waals surface area contributed by atoms with Crippen LogP contribution < -0.4 is 10.5 Å². The summed E-state index contributed by atoms with van der Waals surface area (Å²) in [5.74, 6) is 1.40. The van der Waals surface area contributed by atoms with Crippen molar-refractivity contribution in [3.8, 4) is 5.75 Å². The number of benzene rings is 1. The van der Waals surface area contributed by atoms with Crippen LogP contribution in [0, 0.1) is 0 Å². The summed E-state index contributed by atoms with van der Waals surface area (Å²) < 4.78 is 8.00. The van der Waals surface area contributed by atoms with Crippen LogP contribution in [0.3, 0.4) is 0 Å². The van der Waals surface area contributed by atoms with Crippen LogP contribution in [0.2, 0.25) is 0 Å². The maximum atomic E-state index is 6.16. The fourth-order valence-corrected chi connectivity index (χ4v) is 2.69. The number of hydrogen-bond donors (Lipinski definition) is 1. The third-order valence-corrected chi connectivity index (χ3v) is 3.53. The molecule has 1 atom stereocenters. The molecule has 1 aromatic heterocycles. The first-order chi connectivity index (χ1) is 9.58. The summed E-state index contributed by atoms with van der Waals surface area (Å²) in [4.78, 5) is 4.53. The van der Waals surface area contributed by atoms with E-state index in [2.05, 4.69) is 29.5 Å². The highest BCUT2D eigenvalue weighted by Gasteiger charge is 2.18. The maximum absolute atomic E-state index is 6.16. The van der Waals surface area contributed by atoms with Crippen LogP contribution in [-0.2, 0) is 0 Å². The summed E-state index contributed by atoms with van der Waals surface area (Å²) in [6, 6.07) is 6.44. The normalized spacial score (nSPS) is 13.1. The van der Waals surface area contributed by atoms with E-state index in [4.69, 9.17) is 10.5 Å². The smallest absolute Gasteiger partial charge is 0.201 e. The number of hydrogen-bond acceptors (Lipinski definition) is 3. The largest absolute Gasteiger partial charge is 0.489 e. The summed E-state index contributed by atoms with van der Waals surface area (Å²) >= 11 is 0. The molecular weight excluding hydrogens is 250 g/mol. The minimum absolute atomic E-state index is 0.129. The van der Waals surface area contributed by atoms with Gasteiger partial charge in [-0.3, -0.25) is 0 Å².